The highest BCUT2D eigenvalue weighted by atomic mass is 15.2. The van der Waals surface area contributed by atoms with E-state index in [1.165, 1.54) is 10.3 Å². The fourth-order valence-electron chi connectivity index (χ4n) is 1.25. The zero-order valence-electron chi connectivity index (χ0n) is 7.90. The van der Waals surface area contributed by atoms with Crippen molar-refractivity contribution in [3.8, 4) is 0 Å². The van der Waals surface area contributed by atoms with Crippen molar-refractivity contribution in [2.24, 2.45) is 5.73 Å². The van der Waals surface area contributed by atoms with Gasteiger partial charge in [0.25, 0.3) is 0 Å². The zero-order valence-corrected chi connectivity index (χ0v) is 7.90. The predicted molar refractivity (Wildman–Crippen MR) is 51.6 cm³/mol. The first kappa shape index (κ1) is 9.86. The Balaban J connectivity index is 2.55. The Kier molecular flexibility index (Phi) is 3.58. The van der Waals surface area contributed by atoms with Gasteiger partial charge in [-0.05, 0) is 5.56 Å². The Hall–Kier alpha value is -1.22. The maximum Gasteiger partial charge on any atom is 0.219 e. The average molecular weight is 178 g/mol. The molecule has 0 heterocycles. The van der Waals surface area contributed by atoms with Crippen molar-refractivity contribution in [2.45, 2.75) is 19.4 Å². The van der Waals surface area contributed by atoms with Crippen LogP contribution in [0, 0.1) is 5.53 Å². The molecule has 0 saturated heterocycles. The minimum Gasteiger partial charge on any atom is -0.274 e. The van der Waals surface area contributed by atoms with Gasteiger partial charge < -0.3 is 0 Å². The molecule has 0 saturated carbocycles. The van der Waals surface area contributed by atoms with Gasteiger partial charge in [0.15, 0.2) is 6.04 Å². The van der Waals surface area contributed by atoms with Crippen molar-refractivity contribution in [1.82, 2.24) is 0 Å². The summed E-state index contributed by atoms with van der Waals surface area (Å²) in [6.07, 6.45) is 0.877. The van der Waals surface area contributed by atoms with E-state index in [0.29, 0.717) is 0 Å². The summed E-state index contributed by atoms with van der Waals surface area (Å²) in [6, 6.07) is 10.3. The van der Waals surface area contributed by atoms with E-state index >= 15 is 0 Å². The van der Waals surface area contributed by atoms with E-state index in [1.807, 2.05) is 25.1 Å². The van der Waals surface area contributed by atoms with Crippen molar-refractivity contribution >= 4 is 0 Å². The van der Waals surface area contributed by atoms with Crippen molar-refractivity contribution in [3.63, 3.8) is 0 Å². The van der Waals surface area contributed by atoms with E-state index in [1.54, 1.807) is 0 Å². The molecule has 0 amide bonds. The van der Waals surface area contributed by atoms with Gasteiger partial charge in [-0.3, -0.25) is 5.73 Å². The molecular weight excluding hydrogens is 162 g/mol. The SMILES string of the molecule is CC(Cc1ccccc1)[N+](=N)CN. The van der Waals surface area contributed by atoms with Crippen molar-refractivity contribution in [2.75, 3.05) is 6.67 Å². The molecule has 13 heavy (non-hydrogen) atoms. The zero-order chi connectivity index (χ0) is 9.68. The van der Waals surface area contributed by atoms with Crippen LogP contribution in [0.25, 0.3) is 0 Å². The number of nitrogens with two attached hydrogens (primary N) is 1. The van der Waals surface area contributed by atoms with Gasteiger partial charge in [-0.15, -0.1) is 4.70 Å². The van der Waals surface area contributed by atoms with Crippen LogP contribution in [0.1, 0.15) is 12.5 Å². The molecule has 3 heteroatoms. The molecule has 3 nitrogen and oxygen atoms in total. The molecule has 0 aliphatic carbocycles. The summed E-state index contributed by atoms with van der Waals surface area (Å²) < 4.78 is 1.40. The Morgan fingerprint density at radius 2 is 2.00 bits per heavy atom. The largest absolute Gasteiger partial charge is 0.274 e. The second-order valence-corrected chi connectivity index (χ2v) is 3.19. The van der Waals surface area contributed by atoms with Crippen LogP contribution in [0.3, 0.4) is 0 Å². The Bertz CT molecular complexity index is 269. The molecular formula is C10H16N3+. The maximum atomic E-state index is 7.48. The van der Waals surface area contributed by atoms with Gasteiger partial charge in [-0.2, -0.15) is 0 Å². The number of nitrogens with one attached hydrogen (secondary N) is 1. The third-order valence-electron chi connectivity index (χ3n) is 2.10. The number of hydrogen-bond acceptors (Lipinski definition) is 2. The Morgan fingerprint density at radius 3 is 2.54 bits per heavy atom. The monoisotopic (exact) mass is 178 g/mol. The highest BCUT2D eigenvalue weighted by molar-refractivity contribution is 5.15. The molecule has 3 N–H and O–H groups in total. The molecule has 1 aromatic carbocycles. The highest BCUT2D eigenvalue weighted by Gasteiger charge is 2.13. The quantitative estimate of drug-likeness (QED) is 0.410. The first-order valence-corrected chi connectivity index (χ1v) is 4.46. The van der Waals surface area contributed by atoms with E-state index in [4.69, 9.17) is 11.3 Å². The van der Waals surface area contributed by atoms with Gasteiger partial charge in [0.1, 0.15) is 0 Å². The molecule has 70 valence electrons. The third-order valence-corrected chi connectivity index (χ3v) is 2.10. The van der Waals surface area contributed by atoms with Gasteiger partial charge in [-0.1, -0.05) is 35.9 Å². The molecule has 0 spiro atoms. The van der Waals surface area contributed by atoms with Gasteiger partial charge in [0, 0.05) is 13.3 Å². The summed E-state index contributed by atoms with van der Waals surface area (Å²) in [6.45, 7) is 2.29. The van der Waals surface area contributed by atoms with Crippen LogP contribution in [0.2, 0.25) is 0 Å². The molecule has 1 unspecified atom stereocenters. The van der Waals surface area contributed by atoms with Crippen LogP contribution in [0.15, 0.2) is 30.3 Å². The second-order valence-electron chi connectivity index (χ2n) is 3.19. The van der Waals surface area contributed by atoms with Crippen LogP contribution >= 0.6 is 0 Å². The summed E-state index contributed by atoms with van der Waals surface area (Å²) in [7, 11) is 0. The molecule has 0 aliphatic rings. The predicted octanol–water partition coefficient (Wildman–Crippen LogP) is 1.58. The van der Waals surface area contributed by atoms with E-state index in [0.717, 1.165) is 6.42 Å². The standard InChI is InChI=1S/C10H16N3/c1-9(13(12)8-11)7-10-5-3-2-4-6-10/h2-6,9,12H,7-8,11H2,1H3/q+1. The topological polar surface area (TPSA) is 52.9 Å². The van der Waals surface area contributed by atoms with Gasteiger partial charge in [-0.25, -0.2) is 0 Å². The van der Waals surface area contributed by atoms with E-state index in [-0.39, 0.29) is 12.7 Å². The van der Waals surface area contributed by atoms with Crippen molar-refractivity contribution < 1.29 is 4.70 Å². The summed E-state index contributed by atoms with van der Waals surface area (Å²) in [5.41, 5.74) is 14.1. The molecule has 0 radical (unpaired) electrons. The minimum absolute atomic E-state index is 0.174. The summed E-state index contributed by atoms with van der Waals surface area (Å²) in [5.74, 6) is 0. The summed E-state index contributed by atoms with van der Waals surface area (Å²) in [5, 5.41) is 0. The van der Waals surface area contributed by atoms with Crippen molar-refractivity contribution in [3.05, 3.63) is 35.9 Å². The Morgan fingerprint density at radius 1 is 1.38 bits per heavy atom. The minimum atomic E-state index is 0.174. The average Bonchev–Trinajstić information content (AvgIpc) is 2.18. The fraction of sp³-hybridized carbons (Fsp3) is 0.400. The van der Waals surface area contributed by atoms with E-state index in [9.17, 15) is 0 Å². The van der Waals surface area contributed by atoms with E-state index < -0.39 is 0 Å². The summed E-state index contributed by atoms with van der Waals surface area (Å²) >= 11 is 0. The molecule has 1 rings (SSSR count). The fourth-order valence-corrected chi connectivity index (χ4v) is 1.25. The number of nitrogens with zero attached hydrogens (tertiary/aromatic N) is 1. The van der Waals surface area contributed by atoms with Crippen LogP contribution in [-0.4, -0.2) is 17.4 Å². The van der Waals surface area contributed by atoms with Gasteiger partial charge in [0.2, 0.25) is 6.67 Å². The molecule has 1 atom stereocenters. The number of rotatable bonds is 4. The molecule has 0 aliphatic heterocycles. The molecule has 0 aromatic heterocycles. The summed E-state index contributed by atoms with van der Waals surface area (Å²) in [4.78, 5) is 0. The third kappa shape index (κ3) is 2.95. The van der Waals surface area contributed by atoms with Crippen LogP contribution in [0.5, 0.6) is 0 Å². The molecule has 0 fully saturated rings. The lowest BCUT2D eigenvalue weighted by Gasteiger charge is -2.05. The van der Waals surface area contributed by atoms with E-state index in [2.05, 4.69) is 12.1 Å². The normalized spacial score (nSPS) is 12.5. The van der Waals surface area contributed by atoms with Crippen LogP contribution < -0.4 is 5.73 Å². The van der Waals surface area contributed by atoms with Crippen LogP contribution in [-0.2, 0) is 6.42 Å². The van der Waals surface area contributed by atoms with Crippen LogP contribution in [0.4, 0.5) is 0 Å². The molecule has 1 aromatic rings. The lowest BCUT2D eigenvalue weighted by Crippen LogP contribution is -2.28. The van der Waals surface area contributed by atoms with Crippen molar-refractivity contribution in [1.29, 1.82) is 5.53 Å². The van der Waals surface area contributed by atoms with Gasteiger partial charge >= 0.3 is 0 Å². The lowest BCUT2D eigenvalue weighted by atomic mass is 10.1. The first-order chi connectivity index (χ1) is 6.24. The maximum absolute atomic E-state index is 7.48. The smallest absolute Gasteiger partial charge is 0.219 e. The second kappa shape index (κ2) is 4.72. The highest BCUT2D eigenvalue weighted by Crippen LogP contribution is 2.04. The Labute approximate surface area is 78.7 Å². The number of hydrogen-bond donors (Lipinski definition) is 2. The first-order valence-electron chi connectivity index (χ1n) is 4.46. The number of benzene rings is 1. The van der Waals surface area contributed by atoms with Gasteiger partial charge in [0.05, 0.1) is 0 Å². The lowest BCUT2D eigenvalue weighted by molar-refractivity contribution is -0.644. The molecule has 0 bridgehead atoms.